The Bertz CT molecular complexity index is 1550. The van der Waals surface area contributed by atoms with Gasteiger partial charge in [-0.2, -0.15) is 0 Å². The molecule has 0 N–H and O–H groups in total. The van der Waals surface area contributed by atoms with Crippen LogP contribution in [-0.2, 0) is 9.84 Å². The number of nitro benzene ring substituents is 1. The topological polar surface area (TPSA) is 89.8 Å². The first-order chi connectivity index (χ1) is 24.1. The Kier molecular flexibility index (Phi) is 18.4. The van der Waals surface area contributed by atoms with Crippen molar-refractivity contribution in [3.8, 4) is 5.75 Å². The minimum atomic E-state index is -3.35. The van der Waals surface area contributed by atoms with Gasteiger partial charge in [0.25, 0.3) is 0 Å². The van der Waals surface area contributed by atoms with E-state index in [1.807, 2.05) is 55.4 Å². The maximum atomic E-state index is 13.2. The van der Waals surface area contributed by atoms with E-state index >= 15 is 0 Å². The molecule has 0 saturated heterocycles. The molecule has 0 aliphatic carbocycles. The van der Waals surface area contributed by atoms with Crippen molar-refractivity contribution >= 4 is 53.9 Å². The molecule has 0 heterocycles. The number of nitro groups is 1. The summed E-state index contributed by atoms with van der Waals surface area (Å²) in [5.41, 5.74) is 1.33. The van der Waals surface area contributed by atoms with Gasteiger partial charge in [-0.25, -0.2) is 8.42 Å². The number of benzene rings is 3. The number of fused-ring (bicyclic) bond motifs is 1. The molecule has 0 fully saturated rings. The number of rotatable bonds is 26. The van der Waals surface area contributed by atoms with Crippen LogP contribution in [0.2, 0.25) is 13.3 Å². The third-order valence-corrected chi connectivity index (χ3v) is 27.8. The molecule has 9 heteroatoms. The number of anilines is 1. The summed E-state index contributed by atoms with van der Waals surface area (Å²) in [5.74, 6) is 0.813. The molecular formula is C41H64N2O5SSn. The normalized spacial score (nSPS) is 12.0. The van der Waals surface area contributed by atoms with Crippen molar-refractivity contribution in [3.63, 3.8) is 0 Å². The Labute approximate surface area is 307 Å². The summed E-state index contributed by atoms with van der Waals surface area (Å²) in [5, 5.41) is 14.1. The van der Waals surface area contributed by atoms with Crippen molar-refractivity contribution in [2.75, 3.05) is 31.4 Å². The van der Waals surface area contributed by atoms with Crippen LogP contribution in [0.5, 0.6) is 5.75 Å². The summed E-state index contributed by atoms with van der Waals surface area (Å²) < 4.78 is 37.2. The fraction of sp³-hybridized carbons (Fsp3) is 0.610. The first kappa shape index (κ1) is 42.1. The van der Waals surface area contributed by atoms with Gasteiger partial charge in [0, 0.05) is 30.6 Å². The molecule has 7 nitrogen and oxygen atoms in total. The third kappa shape index (κ3) is 12.4. The van der Waals surface area contributed by atoms with Gasteiger partial charge in [0.15, 0.2) is 9.84 Å². The van der Waals surface area contributed by atoms with Gasteiger partial charge in [-0.1, -0.05) is 37.1 Å². The average molecular weight is 816 g/mol. The van der Waals surface area contributed by atoms with Crippen LogP contribution in [-0.4, -0.2) is 58.2 Å². The third-order valence-electron chi connectivity index (χ3n) is 10.3. The predicted molar refractivity (Wildman–Crippen MR) is 215 cm³/mol. The van der Waals surface area contributed by atoms with E-state index in [4.69, 9.17) is 4.74 Å². The zero-order valence-corrected chi connectivity index (χ0v) is 35.4. The molecule has 3 rings (SSSR count). The maximum absolute atomic E-state index is 13.2. The van der Waals surface area contributed by atoms with E-state index in [9.17, 15) is 18.5 Å². The molecule has 0 spiro atoms. The van der Waals surface area contributed by atoms with E-state index in [-0.39, 0.29) is 10.7 Å². The van der Waals surface area contributed by atoms with E-state index in [1.165, 1.54) is 32.6 Å². The molecule has 0 aliphatic heterocycles. The molecule has 0 aromatic heterocycles. The Balaban J connectivity index is 1.38. The van der Waals surface area contributed by atoms with Crippen molar-refractivity contribution in [2.45, 2.75) is 135 Å². The summed E-state index contributed by atoms with van der Waals surface area (Å²) in [6, 6.07) is 17.3. The molecule has 3 aromatic carbocycles. The second-order valence-corrected chi connectivity index (χ2v) is 29.6. The van der Waals surface area contributed by atoms with Gasteiger partial charge < -0.3 is 4.90 Å². The Morgan fingerprint density at radius 3 is 1.80 bits per heavy atom. The molecule has 0 unspecified atom stereocenters. The van der Waals surface area contributed by atoms with Crippen LogP contribution in [0.4, 0.5) is 11.4 Å². The SMILES string of the molecule is CCC[CH2][Sn]([CH2]CCC)([CH2]CCC)[c]1ccc(OCCCCCCCCCCCS(=O)(=O)c2cccc3c(N(C)C)cccc23)cc1[N+](=O)[O-]. The van der Waals surface area contributed by atoms with E-state index in [0.29, 0.717) is 29.4 Å². The average Bonchev–Trinajstić information content (AvgIpc) is 3.11. The number of ether oxygens (including phenoxy) is 1. The summed E-state index contributed by atoms with van der Waals surface area (Å²) in [6.07, 6.45) is 16.2. The van der Waals surface area contributed by atoms with Crippen LogP contribution < -0.4 is 13.2 Å². The molecule has 0 amide bonds. The minimum absolute atomic E-state index is 0.150. The Morgan fingerprint density at radius 1 is 0.700 bits per heavy atom. The van der Waals surface area contributed by atoms with Crippen LogP contribution >= 0.6 is 0 Å². The molecule has 0 radical (unpaired) electrons. The van der Waals surface area contributed by atoms with E-state index in [2.05, 4.69) is 26.8 Å². The van der Waals surface area contributed by atoms with Gasteiger partial charge in [-0.15, -0.1) is 0 Å². The molecular weight excluding hydrogens is 751 g/mol. The fourth-order valence-corrected chi connectivity index (χ4v) is 25.5. The molecule has 278 valence electrons. The van der Waals surface area contributed by atoms with Crippen molar-refractivity contribution in [1.29, 1.82) is 0 Å². The van der Waals surface area contributed by atoms with Gasteiger partial charge in [0.1, 0.15) is 0 Å². The standard InChI is InChI=1S/C29H37N2O5S.3C4H9.Sn/c1-30(2)28-19-13-18-27-26(28)17-14-20-29(27)37(34,35)22-11-9-7-5-3-4-6-8-10-21-36-25-16-12-15-24(23-25)31(32)33;3*1-3-4-2;/h12-14,16-20,23H,3-11,21-22H2,1-2H3;3*1,3-4H2,2H3;. The summed E-state index contributed by atoms with van der Waals surface area (Å²) in [6.45, 7) is 7.27. The van der Waals surface area contributed by atoms with Crippen LogP contribution in [0.3, 0.4) is 0 Å². The van der Waals surface area contributed by atoms with E-state index in [0.717, 1.165) is 90.7 Å². The monoisotopic (exact) mass is 816 g/mol. The second-order valence-electron chi connectivity index (χ2n) is 14.4. The summed E-state index contributed by atoms with van der Waals surface area (Å²) in [4.78, 5) is 14.6. The summed E-state index contributed by atoms with van der Waals surface area (Å²) >= 11 is -2.94. The molecule has 0 atom stereocenters. The number of unbranched alkanes of at least 4 members (excludes halogenated alkanes) is 11. The zero-order chi connectivity index (χ0) is 36.4. The zero-order valence-electron chi connectivity index (χ0n) is 31.7. The molecule has 3 aromatic rings. The van der Waals surface area contributed by atoms with Crippen LogP contribution in [0.25, 0.3) is 10.8 Å². The van der Waals surface area contributed by atoms with Gasteiger partial charge in [0.2, 0.25) is 0 Å². The van der Waals surface area contributed by atoms with Crippen LogP contribution in [0, 0.1) is 10.1 Å². The van der Waals surface area contributed by atoms with E-state index < -0.39 is 28.2 Å². The molecule has 0 bridgehead atoms. The van der Waals surface area contributed by atoms with E-state index in [1.54, 1.807) is 12.1 Å². The van der Waals surface area contributed by atoms with Crippen LogP contribution in [0.15, 0.2) is 59.5 Å². The van der Waals surface area contributed by atoms with Gasteiger partial charge in [0.05, 0.1) is 10.6 Å². The van der Waals surface area contributed by atoms with Crippen molar-refractivity contribution in [1.82, 2.24) is 0 Å². The number of nitrogens with zero attached hydrogens (tertiary/aromatic N) is 2. The fourth-order valence-electron chi connectivity index (χ4n) is 7.38. The Hall–Kier alpha value is -2.33. The number of hydrogen-bond acceptors (Lipinski definition) is 6. The summed E-state index contributed by atoms with van der Waals surface area (Å²) in [7, 11) is 0.605. The number of sulfone groups is 1. The van der Waals surface area contributed by atoms with Crippen LogP contribution in [0.1, 0.15) is 117 Å². The van der Waals surface area contributed by atoms with Gasteiger partial charge in [-0.3, -0.25) is 0 Å². The van der Waals surface area contributed by atoms with Crippen molar-refractivity contribution in [2.24, 2.45) is 0 Å². The quantitative estimate of drug-likeness (QED) is 0.0347. The second kappa shape index (κ2) is 21.9. The van der Waals surface area contributed by atoms with Gasteiger partial charge >= 0.3 is 189 Å². The Morgan fingerprint density at radius 2 is 1.24 bits per heavy atom. The first-order valence-electron chi connectivity index (χ1n) is 19.4. The number of hydrogen-bond donors (Lipinski definition) is 0. The molecule has 0 aliphatic rings. The van der Waals surface area contributed by atoms with Crippen molar-refractivity contribution in [3.05, 3.63) is 64.7 Å². The van der Waals surface area contributed by atoms with Gasteiger partial charge in [-0.05, 0) is 18.6 Å². The molecule has 0 saturated carbocycles. The van der Waals surface area contributed by atoms with Crippen molar-refractivity contribution < 1.29 is 18.1 Å². The first-order valence-corrected chi connectivity index (χ1v) is 28.6. The predicted octanol–water partition coefficient (Wildman–Crippen LogP) is 11.2. The molecule has 50 heavy (non-hydrogen) atoms.